The van der Waals surface area contributed by atoms with Crippen LogP contribution in [0.25, 0.3) is 0 Å². The van der Waals surface area contributed by atoms with Crippen molar-refractivity contribution in [1.29, 1.82) is 0 Å². The molecule has 0 aromatic heterocycles. The summed E-state index contributed by atoms with van der Waals surface area (Å²) in [5.41, 5.74) is 2.44. The molecule has 1 heterocycles. The van der Waals surface area contributed by atoms with E-state index < -0.39 is 0 Å². The van der Waals surface area contributed by atoms with Gasteiger partial charge in [0.15, 0.2) is 0 Å². The number of rotatable bonds is 2. The van der Waals surface area contributed by atoms with Crippen molar-refractivity contribution < 1.29 is 10.2 Å². The number of nitrogens with one attached hydrogen (secondary N) is 1. The number of aliphatic hydroxyl groups excluding tert-OH is 1. The normalized spacial score (nSPS) is 20.5. The number of phenolic OH excluding ortho intramolecular Hbond substituents is 1. The van der Waals surface area contributed by atoms with Gasteiger partial charge in [-0.25, -0.2) is 0 Å². The van der Waals surface area contributed by atoms with E-state index in [1.54, 1.807) is 12.1 Å². The Kier molecular flexibility index (Phi) is 2.70. The van der Waals surface area contributed by atoms with Gasteiger partial charge >= 0.3 is 0 Å². The third-order valence-electron chi connectivity index (χ3n) is 2.71. The molecule has 0 aliphatic carbocycles. The average molecular weight is 193 g/mol. The molecule has 0 saturated carbocycles. The highest BCUT2D eigenvalue weighted by Crippen LogP contribution is 2.22. The number of hydrogen-bond donors (Lipinski definition) is 3. The van der Waals surface area contributed by atoms with Gasteiger partial charge < -0.3 is 15.5 Å². The summed E-state index contributed by atoms with van der Waals surface area (Å²) in [5.74, 6) is 0.325. The summed E-state index contributed by atoms with van der Waals surface area (Å²) in [5, 5.41) is 21.5. The fourth-order valence-electron chi connectivity index (χ4n) is 1.93. The van der Waals surface area contributed by atoms with E-state index >= 15 is 0 Å². The summed E-state index contributed by atoms with van der Waals surface area (Å²) in [7, 11) is 0. The first kappa shape index (κ1) is 9.49. The smallest absolute Gasteiger partial charge is 0.115 e. The molecule has 3 heteroatoms. The van der Waals surface area contributed by atoms with Crippen LogP contribution in [0.3, 0.4) is 0 Å². The summed E-state index contributed by atoms with van der Waals surface area (Å²) in [6, 6.07) is 5.87. The molecule has 3 nitrogen and oxygen atoms in total. The highest BCUT2D eigenvalue weighted by molar-refractivity contribution is 5.36. The third kappa shape index (κ3) is 1.89. The Bertz CT molecular complexity index is 325. The lowest BCUT2D eigenvalue weighted by atomic mass is 9.94. The molecule has 0 saturated heterocycles. The lowest BCUT2D eigenvalue weighted by Gasteiger charge is -2.25. The minimum absolute atomic E-state index is 0.227. The molecular weight excluding hydrogens is 178 g/mol. The van der Waals surface area contributed by atoms with E-state index in [1.165, 1.54) is 11.1 Å². The lowest BCUT2D eigenvalue weighted by molar-refractivity contribution is 0.260. The van der Waals surface area contributed by atoms with Crippen LogP contribution in [0.5, 0.6) is 5.75 Å². The van der Waals surface area contributed by atoms with Crippen molar-refractivity contribution in [2.45, 2.75) is 25.4 Å². The van der Waals surface area contributed by atoms with Gasteiger partial charge in [0.1, 0.15) is 5.75 Å². The van der Waals surface area contributed by atoms with Gasteiger partial charge in [0.05, 0.1) is 0 Å². The van der Waals surface area contributed by atoms with Crippen molar-refractivity contribution in [1.82, 2.24) is 5.32 Å². The maximum absolute atomic E-state index is 9.29. The number of phenols is 1. The number of aromatic hydroxyl groups is 1. The lowest BCUT2D eigenvalue weighted by Crippen LogP contribution is -2.36. The minimum atomic E-state index is 0.227. The topological polar surface area (TPSA) is 52.5 Å². The maximum atomic E-state index is 9.29. The van der Waals surface area contributed by atoms with E-state index in [9.17, 15) is 5.11 Å². The molecule has 0 amide bonds. The van der Waals surface area contributed by atoms with Crippen molar-refractivity contribution in [3.05, 3.63) is 29.3 Å². The third-order valence-corrected chi connectivity index (χ3v) is 2.71. The van der Waals surface area contributed by atoms with Gasteiger partial charge in [-0.1, -0.05) is 6.07 Å². The Labute approximate surface area is 83.4 Å². The Morgan fingerprint density at radius 2 is 2.21 bits per heavy atom. The molecule has 0 radical (unpaired) electrons. The number of aliphatic hydroxyl groups is 1. The summed E-state index contributed by atoms with van der Waals surface area (Å²) >= 11 is 0. The molecule has 76 valence electrons. The SMILES string of the molecule is OCCC1Cc2ccc(O)cc2CN1. The molecule has 1 aliphatic heterocycles. The van der Waals surface area contributed by atoms with E-state index in [4.69, 9.17) is 5.11 Å². The fourth-order valence-corrected chi connectivity index (χ4v) is 1.93. The van der Waals surface area contributed by atoms with E-state index in [0.29, 0.717) is 11.8 Å². The van der Waals surface area contributed by atoms with Crippen LogP contribution in [0.1, 0.15) is 17.5 Å². The molecule has 1 unspecified atom stereocenters. The van der Waals surface area contributed by atoms with Crippen molar-refractivity contribution in [2.24, 2.45) is 0 Å². The van der Waals surface area contributed by atoms with Gasteiger partial charge in [-0.3, -0.25) is 0 Å². The highest BCUT2D eigenvalue weighted by Gasteiger charge is 2.17. The molecule has 1 aliphatic rings. The second-order valence-corrected chi connectivity index (χ2v) is 3.75. The van der Waals surface area contributed by atoms with E-state index in [0.717, 1.165) is 19.4 Å². The average Bonchev–Trinajstić information content (AvgIpc) is 2.19. The predicted octanol–water partition coefficient (Wildman–Crippen LogP) is 0.789. The van der Waals surface area contributed by atoms with Crippen molar-refractivity contribution in [3.8, 4) is 5.75 Å². The van der Waals surface area contributed by atoms with Crippen molar-refractivity contribution >= 4 is 0 Å². The molecule has 0 bridgehead atoms. The van der Waals surface area contributed by atoms with Crippen LogP contribution in [0.15, 0.2) is 18.2 Å². The molecule has 0 spiro atoms. The zero-order chi connectivity index (χ0) is 9.97. The van der Waals surface area contributed by atoms with Gasteiger partial charge in [-0.15, -0.1) is 0 Å². The Morgan fingerprint density at radius 1 is 1.36 bits per heavy atom. The first-order chi connectivity index (χ1) is 6.79. The molecule has 1 aromatic rings. The van der Waals surface area contributed by atoms with Crippen LogP contribution in [-0.4, -0.2) is 22.9 Å². The van der Waals surface area contributed by atoms with Gasteiger partial charge in [-0.05, 0) is 36.1 Å². The summed E-state index contributed by atoms with van der Waals surface area (Å²) in [4.78, 5) is 0. The molecule has 0 fully saturated rings. The van der Waals surface area contributed by atoms with E-state index in [2.05, 4.69) is 5.32 Å². The van der Waals surface area contributed by atoms with Gasteiger partial charge in [-0.2, -0.15) is 0 Å². The zero-order valence-electron chi connectivity index (χ0n) is 8.03. The molecule has 2 rings (SSSR count). The minimum Gasteiger partial charge on any atom is -0.508 e. The van der Waals surface area contributed by atoms with E-state index in [1.807, 2.05) is 6.07 Å². The molecule has 14 heavy (non-hydrogen) atoms. The van der Waals surface area contributed by atoms with Crippen LogP contribution in [0, 0.1) is 0 Å². The van der Waals surface area contributed by atoms with Crippen LogP contribution in [0.2, 0.25) is 0 Å². The largest absolute Gasteiger partial charge is 0.508 e. The van der Waals surface area contributed by atoms with E-state index in [-0.39, 0.29) is 6.61 Å². The summed E-state index contributed by atoms with van der Waals surface area (Å²) in [6.45, 7) is 1.01. The van der Waals surface area contributed by atoms with Gasteiger partial charge in [0.2, 0.25) is 0 Å². The van der Waals surface area contributed by atoms with Crippen molar-refractivity contribution in [3.63, 3.8) is 0 Å². The monoisotopic (exact) mass is 193 g/mol. The standard InChI is InChI=1S/C11H15NO2/c13-4-3-10-5-8-1-2-11(14)6-9(8)7-12-10/h1-2,6,10,12-14H,3-5,7H2. The first-order valence-corrected chi connectivity index (χ1v) is 4.94. The van der Waals surface area contributed by atoms with Crippen molar-refractivity contribution in [2.75, 3.05) is 6.61 Å². The number of hydrogen-bond acceptors (Lipinski definition) is 3. The van der Waals surface area contributed by atoms with Crippen LogP contribution >= 0.6 is 0 Å². The molecule has 1 aromatic carbocycles. The van der Waals surface area contributed by atoms with Crippen LogP contribution < -0.4 is 5.32 Å². The Hall–Kier alpha value is -1.06. The number of benzene rings is 1. The van der Waals surface area contributed by atoms with Crippen LogP contribution in [0.4, 0.5) is 0 Å². The summed E-state index contributed by atoms with van der Waals surface area (Å²) in [6.07, 6.45) is 1.73. The Morgan fingerprint density at radius 3 is 3.00 bits per heavy atom. The molecule has 1 atom stereocenters. The van der Waals surface area contributed by atoms with Gasteiger partial charge in [0, 0.05) is 19.2 Å². The first-order valence-electron chi connectivity index (χ1n) is 4.94. The fraction of sp³-hybridized carbons (Fsp3) is 0.455. The second kappa shape index (κ2) is 3.98. The predicted molar refractivity (Wildman–Crippen MR) is 54.1 cm³/mol. The molecule has 3 N–H and O–H groups in total. The second-order valence-electron chi connectivity index (χ2n) is 3.75. The zero-order valence-corrected chi connectivity index (χ0v) is 8.03. The highest BCUT2D eigenvalue weighted by atomic mass is 16.3. The Balaban J connectivity index is 2.15. The summed E-state index contributed by atoms with van der Waals surface area (Å²) < 4.78 is 0. The number of fused-ring (bicyclic) bond motifs is 1. The van der Waals surface area contributed by atoms with Gasteiger partial charge in [0.25, 0.3) is 0 Å². The maximum Gasteiger partial charge on any atom is 0.115 e. The van der Waals surface area contributed by atoms with Crippen LogP contribution in [-0.2, 0) is 13.0 Å². The molecular formula is C11H15NO2. The quantitative estimate of drug-likeness (QED) is 0.651.